The summed E-state index contributed by atoms with van der Waals surface area (Å²) in [6.07, 6.45) is 0. The molecule has 7 heteroatoms. The average molecular weight is 478 g/mol. The Morgan fingerprint density at radius 1 is 0.853 bits per heavy atom. The quantitative estimate of drug-likeness (QED) is 0.536. The summed E-state index contributed by atoms with van der Waals surface area (Å²) in [5, 5.41) is 3.48. The molecule has 0 atom stereocenters. The molecule has 3 aromatic rings. The third-order valence-electron chi connectivity index (χ3n) is 5.83. The van der Waals surface area contributed by atoms with Gasteiger partial charge in [0.25, 0.3) is 11.8 Å². The lowest BCUT2D eigenvalue weighted by molar-refractivity contribution is -0.128. The first kappa shape index (κ1) is 23.6. The van der Waals surface area contributed by atoms with Gasteiger partial charge in [-0.3, -0.25) is 9.59 Å². The largest absolute Gasteiger partial charge is 0.478 e. The molecule has 0 bridgehead atoms. The van der Waals surface area contributed by atoms with Crippen molar-refractivity contribution in [2.24, 2.45) is 0 Å². The molecule has 1 saturated heterocycles. The SMILES string of the molecule is CC(C)(Oc1ccc(Cl)cc1)C(=O)Nc1ccccc1C(=O)N1CCN(c2ccccc2)CC1. The Kier molecular flexibility index (Phi) is 7.08. The van der Waals surface area contributed by atoms with Crippen LogP contribution in [0, 0.1) is 0 Å². The average Bonchev–Trinajstić information content (AvgIpc) is 2.86. The lowest BCUT2D eigenvalue weighted by atomic mass is 10.1. The molecule has 176 valence electrons. The van der Waals surface area contributed by atoms with Crippen molar-refractivity contribution >= 4 is 34.8 Å². The van der Waals surface area contributed by atoms with Crippen LogP contribution < -0.4 is 15.0 Å². The molecule has 3 aromatic carbocycles. The van der Waals surface area contributed by atoms with E-state index in [1.165, 1.54) is 0 Å². The summed E-state index contributed by atoms with van der Waals surface area (Å²) >= 11 is 5.93. The summed E-state index contributed by atoms with van der Waals surface area (Å²) in [6.45, 7) is 6.11. The van der Waals surface area contributed by atoms with Gasteiger partial charge in [0.1, 0.15) is 5.75 Å². The molecule has 6 nitrogen and oxygen atoms in total. The Morgan fingerprint density at radius 2 is 1.47 bits per heavy atom. The number of ether oxygens (including phenoxy) is 1. The van der Waals surface area contributed by atoms with Gasteiger partial charge < -0.3 is 19.9 Å². The molecule has 1 aliphatic heterocycles. The van der Waals surface area contributed by atoms with Crippen LogP contribution in [0.5, 0.6) is 5.75 Å². The zero-order chi connectivity index (χ0) is 24.1. The van der Waals surface area contributed by atoms with Gasteiger partial charge in [-0.05, 0) is 62.4 Å². The number of nitrogens with one attached hydrogen (secondary N) is 1. The molecule has 1 heterocycles. The van der Waals surface area contributed by atoms with Gasteiger partial charge in [-0.15, -0.1) is 0 Å². The highest BCUT2D eigenvalue weighted by molar-refractivity contribution is 6.30. The molecule has 0 saturated carbocycles. The Bertz CT molecular complexity index is 1140. The van der Waals surface area contributed by atoms with Gasteiger partial charge >= 0.3 is 0 Å². The van der Waals surface area contributed by atoms with Crippen molar-refractivity contribution in [3.8, 4) is 5.75 Å². The molecule has 1 aliphatic rings. The minimum absolute atomic E-state index is 0.0972. The van der Waals surface area contributed by atoms with Crippen LogP contribution in [0.25, 0.3) is 0 Å². The van der Waals surface area contributed by atoms with Gasteiger partial charge in [0.2, 0.25) is 0 Å². The highest BCUT2D eigenvalue weighted by atomic mass is 35.5. The fourth-order valence-electron chi connectivity index (χ4n) is 3.87. The lowest BCUT2D eigenvalue weighted by Crippen LogP contribution is -2.49. The van der Waals surface area contributed by atoms with Crippen LogP contribution in [0.2, 0.25) is 5.02 Å². The summed E-state index contributed by atoms with van der Waals surface area (Å²) in [6, 6.07) is 24.1. The molecule has 2 amide bonds. The minimum atomic E-state index is -1.16. The number of para-hydroxylation sites is 2. The maximum absolute atomic E-state index is 13.3. The number of carbonyl (C=O) groups is 2. The van der Waals surface area contributed by atoms with Crippen molar-refractivity contribution in [3.05, 3.63) is 89.4 Å². The van der Waals surface area contributed by atoms with Gasteiger partial charge in [0.05, 0.1) is 11.3 Å². The van der Waals surface area contributed by atoms with Crippen molar-refractivity contribution in [1.82, 2.24) is 4.90 Å². The highest BCUT2D eigenvalue weighted by Crippen LogP contribution is 2.24. The van der Waals surface area contributed by atoms with E-state index in [0.717, 1.165) is 18.8 Å². The van der Waals surface area contributed by atoms with E-state index in [-0.39, 0.29) is 11.8 Å². The monoisotopic (exact) mass is 477 g/mol. The molecule has 34 heavy (non-hydrogen) atoms. The fourth-order valence-corrected chi connectivity index (χ4v) is 4.00. The normalized spacial score (nSPS) is 14.0. The highest BCUT2D eigenvalue weighted by Gasteiger charge is 2.31. The van der Waals surface area contributed by atoms with Crippen molar-refractivity contribution < 1.29 is 14.3 Å². The van der Waals surface area contributed by atoms with Crippen molar-refractivity contribution in [2.45, 2.75) is 19.4 Å². The molecular formula is C27H28ClN3O3. The second kappa shape index (κ2) is 10.2. The third-order valence-corrected chi connectivity index (χ3v) is 6.08. The number of hydrogen-bond donors (Lipinski definition) is 1. The molecule has 1 N–H and O–H groups in total. The van der Waals surface area contributed by atoms with Crippen molar-refractivity contribution in [2.75, 3.05) is 36.4 Å². The first-order valence-corrected chi connectivity index (χ1v) is 11.7. The zero-order valence-corrected chi connectivity index (χ0v) is 20.1. The standard InChI is InChI=1S/C27H28ClN3O3/c1-27(2,34-22-14-12-20(28)13-15-22)26(33)29-24-11-7-6-10-23(24)25(32)31-18-16-30(17-19-31)21-8-4-3-5-9-21/h3-15H,16-19H2,1-2H3,(H,29,33). The summed E-state index contributed by atoms with van der Waals surface area (Å²) in [5.41, 5.74) is 0.929. The van der Waals surface area contributed by atoms with E-state index in [0.29, 0.717) is 35.1 Å². The van der Waals surface area contributed by atoms with Crippen LogP contribution in [0.4, 0.5) is 11.4 Å². The number of nitrogens with zero attached hydrogens (tertiary/aromatic N) is 2. The number of carbonyl (C=O) groups excluding carboxylic acids is 2. The van der Waals surface area contributed by atoms with E-state index < -0.39 is 5.60 Å². The first-order chi connectivity index (χ1) is 16.3. The topological polar surface area (TPSA) is 61.9 Å². The second-order valence-electron chi connectivity index (χ2n) is 8.68. The predicted molar refractivity (Wildman–Crippen MR) is 136 cm³/mol. The van der Waals surface area contributed by atoms with E-state index in [1.807, 2.05) is 23.1 Å². The van der Waals surface area contributed by atoms with Gasteiger partial charge in [0.15, 0.2) is 5.60 Å². The minimum Gasteiger partial charge on any atom is -0.478 e. The number of halogens is 1. The van der Waals surface area contributed by atoms with Gasteiger partial charge in [-0.2, -0.15) is 0 Å². The van der Waals surface area contributed by atoms with Crippen LogP contribution in [0.3, 0.4) is 0 Å². The van der Waals surface area contributed by atoms with E-state index in [4.69, 9.17) is 16.3 Å². The van der Waals surface area contributed by atoms with Gasteiger partial charge in [0, 0.05) is 36.9 Å². The van der Waals surface area contributed by atoms with Gasteiger partial charge in [-0.1, -0.05) is 41.9 Å². The number of benzene rings is 3. The predicted octanol–water partition coefficient (Wildman–Crippen LogP) is 5.10. The Labute approximate surface area is 205 Å². The maximum Gasteiger partial charge on any atom is 0.267 e. The Morgan fingerprint density at radius 3 is 2.15 bits per heavy atom. The molecular weight excluding hydrogens is 450 g/mol. The fraction of sp³-hybridized carbons (Fsp3) is 0.259. The van der Waals surface area contributed by atoms with E-state index in [1.54, 1.807) is 62.4 Å². The molecule has 0 radical (unpaired) electrons. The molecule has 1 fully saturated rings. The second-order valence-corrected chi connectivity index (χ2v) is 9.12. The Hall–Kier alpha value is -3.51. The Balaban J connectivity index is 1.42. The number of piperazine rings is 1. The molecule has 0 aliphatic carbocycles. The number of anilines is 2. The van der Waals surface area contributed by atoms with Crippen molar-refractivity contribution in [1.29, 1.82) is 0 Å². The maximum atomic E-state index is 13.3. The van der Waals surface area contributed by atoms with E-state index in [9.17, 15) is 9.59 Å². The van der Waals surface area contributed by atoms with Crippen LogP contribution in [0.1, 0.15) is 24.2 Å². The van der Waals surface area contributed by atoms with Crippen LogP contribution in [0.15, 0.2) is 78.9 Å². The van der Waals surface area contributed by atoms with Crippen LogP contribution >= 0.6 is 11.6 Å². The number of rotatable bonds is 6. The van der Waals surface area contributed by atoms with Crippen LogP contribution in [-0.4, -0.2) is 48.5 Å². The zero-order valence-electron chi connectivity index (χ0n) is 19.3. The molecule has 4 rings (SSSR count). The summed E-state index contributed by atoms with van der Waals surface area (Å²) in [7, 11) is 0. The summed E-state index contributed by atoms with van der Waals surface area (Å²) in [5.74, 6) is 0.0850. The van der Waals surface area contributed by atoms with Crippen LogP contribution in [-0.2, 0) is 4.79 Å². The number of hydrogen-bond acceptors (Lipinski definition) is 4. The molecule has 0 unspecified atom stereocenters. The van der Waals surface area contributed by atoms with E-state index in [2.05, 4.69) is 22.3 Å². The lowest BCUT2D eigenvalue weighted by Gasteiger charge is -2.36. The smallest absolute Gasteiger partial charge is 0.267 e. The van der Waals surface area contributed by atoms with Gasteiger partial charge in [-0.25, -0.2) is 0 Å². The summed E-state index contributed by atoms with van der Waals surface area (Å²) < 4.78 is 5.89. The first-order valence-electron chi connectivity index (χ1n) is 11.3. The van der Waals surface area contributed by atoms with E-state index >= 15 is 0 Å². The molecule has 0 aromatic heterocycles. The summed E-state index contributed by atoms with van der Waals surface area (Å²) in [4.78, 5) is 30.5. The van der Waals surface area contributed by atoms with Crippen molar-refractivity contribution in [3.63, 3.8) is 0 Å². The molecule has 0 spiro atoms. The number of amides is 2. The third kappa shape index (κ3) is 5.51.